The van der Waals surface area contributed by atoms with Gasteiger partial charge in [0.1, 0.15) is 6.29 Å². The molecule has 0 radical (unpaired) electrons. The Morgan fingerprint density at radius 1 is 1.50 bits per heavy atom. The molecule has 0 saturated carbocycles. The van der Waals surface area contributed by atoms with Gasteiger partial charge in [-0.25, -0.2) is 4.79 Å². The van der Waals surface area contributed by atoms with Crippen LogP contribution in [0.3, 0.4) is 0 Å². The molecule has 0 aromatic heterocycles. The van der Waals surface area contributed by atoms with E-state index in [9.17, 15) is 9.59 Å². The van der Waals surface area contributed by atoms with E-state index < -0.39 is 5.97 Å². The van der Waals surface area contributed by atoms with Crippen LogP contribution in [0.15, 0.2) is 18.2 Å². The number of benzene rings is 1. The van der Waals surface area contributed by atoms with Crippen molar-refractivity contribution in [2.45, 2.75) is 13.3 Å². The number of carbonyl (C=O) groups is 2. The van der Waals surface area contributed by atoms with Crippen LogP contribution in [0.25, 0.3) is 0 Å². The summed E-state index contributed by atoms with van der Waals surface area (Å²) in [6, 6.07) is 5.37. The van der Waals surface area contributed by atoms with Crippen LogP contribution in [-0.2, 0) is 16.0 Å². The highest BCUT2D eigenvalue weighted by Gasteiger charge is 2.10. The van der Waals surface area contributed by atoms with Crippen LogP contribution in [0.4, 0.5) is 0 Å². The van der Waals surface area contributed by atoms with Crippen molar-refractivity contribution in [1.29, 1.82) is 0 Å². The Labute approximate surface area is 82.7 Å². The molecule has 0 bridgehead atoms. The quantitative estimate of drug-likeness (QED) is 0.538. The monoisotopic (exact) mass is 192 g/mol. The molecule has 1 aromatic rings. The summed E-state index contributed by atoms with van der Waals surface area (Å²) in [4.78, 5) is 21.7. The molecule has 0 heterocycles. The number of esters is 1. The number of hydrogen-bond donors (Lipinski definition) is 0. The second kappa shape index (κ2) is 4.56. The van der Waals surface area contributed by atoms with Gasteiger partial charge in [-0.05, 0) is 18.6 Å². The number of methoxy groups -OCH3 is 1. The van der Waals surface area contributed by atoms with E-state index in [2.05, 4.69) is 4.74 Å². The van der Waals surface area contributed by atoms with Gasteiger partial charge in [-0.1, -0.05) is 17.7 Å². The zero-order valence-electron chi connectivity index (χ0n) is 8.24. The van der Waals surface area contributed by atoms with Gasteiger partial charge in [-0.3, -0.25) is 0 Å². The van der Waals surface area contributed by atoms with E-state index in [0.717, 1.165) is 11.8 Å². The topological polar surface area (TPSA) is 43.4 Å². The van der Waals surface area contributed by atoms with Gasteiger partial charge in [0.05, 0.1) is 12.7 Å². The molecule has 0 fully saturated rings. The SMILES string of the molecule is COC(=O)c1cc(C)ccc1CC=O. The van der Waals surface area contributed by atoms with E-state index in [1.807, 2.05) is 13.0 Å². The second-order valence-corrected chi connectivity index (χ2v) is 3.02. The molecular weight excluding hydrogens is 180 g/mol. The van der Waals surface area contributed by atoms with E-state index >= 15 is 0 Å². The lowest BCUT2D eigenvalue weighted by Crippen LogP contribution is -2.06. The average molecular weight is 192 g/mol. The Morgan fingerprint density at radius 3 is 2.79 bits per heavy atom. The van der Waals surface area contributed by atoms with Crippen molar-refractivity contribution in [1.82, 2.24) is 0 Å². The van der Waals surface area contributed by atoms with Gasteiger partial charge in [0.25, 0.3) is 0 Å². The maximum atomic E-state index is 11.3. The standard InChI is InChI=1S/C11H12O3/c1-8-3-4-9(5-6-12)10(7-8)11(13)14-2/h3-4,6-7H,5H2,1-2H3. The van der Waals surface area contributed by atoms with E-state index in [1.165, 1.54) is 7.11 Å². The summed E-state index contributed by atoms with van der Waals surface area (Å²) in [5, 5.41) is 0. The fraction of sp³-hybridized carbons (Fsp3) is 0.273. The van der Waals surface area contributed by atoms with Crippen LogP contribution in [0.1, 0.15) is 21.5 Å². The number of hydrogen-bond acceptors (Lipinski definition) is 3. The first-order valence-electron chi connectivity index (χ1n) is 4.30. The van der Waals surface area contributed by atoms with Crippen LogP contribution in [0.2, 0.25) is 0 Å². The maximum absolute atomic E-state index is 11.3. The highest BCUT2D eigenvalue weighted by molar-refractivity contribution is 5.92. The Morgan fingerprint density at radius 2 is 2.21 bits per heavy atom. The molecule has 0 aliphatic rings. The van der Waals surface area contributed by atoms with E-state index in [0.29, 0.717) is 11.1 Å². The highest BCUT2D eigenvalue weighted by Crippen LogP contribution is 2.12. The minimum atomic E-state index is -0.398. The van der Waals surface area contributed by atoms with E-state index in [1.54, 1.807) is 12.1 Å². The number of aldehydes is 1. The minimum absolute atomic E-state index is 0.241. The van der Waals surface area contributed by atoms with Crippen molar-refractivity contribution < 1.29 is 14.3 Å². The van der Waals surface area contributed by atoms with Crippen molar-refractivity contribution in [3.63, 3.8) is 0 Å². The van der Waals surface area contributed by atoms with Gasteiger partial charge < -0.3 is 9.53 Å². The Hall–Kier alpha value is -1.64. The normalized spacial score (nSPS) is 9.57. The molecule has 3 heteroatoms. The molecule has 0 aliphatic heterocycles. The molecule has 0 unspecified atom stereocenters. The van der Waals surface area contributed by atoms with Gasteiger partial charge in [-0.2, -0.15) is 0 Å². The molecule has 1 aromatic carbocycles. The average Bonchev–Trinajstić information content (AvgIpc) is 2.20. The van der Waals surface area contributed by atoms with Crippen LogP contribution < -0.4 is 0 Å². The van der Waals surface area contributed by atoms with Crippen LogP contribution in [-0.4, -0.2) is 19.4 Å². The van der Waals surface area contributed by atoms with Crippen molar-refractivity contribution in [3.05, 3.63) is 34.9 Å². The molecule has 74 valence electrons. The third kappa shape index (κ3) is 2.19. The third-order valence-corrected chi connectivity index (χ3v) is 1.97. The van der Waals surface area contributed by atoms with Crippen molar-refractivity contribution in [2.24, 2.45) is 0 Å². The Bertz CT molecular complexity index is 356. The lowest BCUT2D eigenvalue weighted by atomic mass is 10.0. The maximum Gasteiger partial charge on any atom is 0.338 e. The largest absolute Gasteiger partial charge is 0.465 e. The molecule has 3 nitrogen and oxygen atoms in total. The van der Waals surface area contributed by atoms with Crippen LogP contribution in [0, 0.1) is 6.92 Å². The Kier molecular flexibility index (Phi) is 3.40. The van der Waals surface area contributed by atoms with Crippen LogP contribution in [0.5, 0.6) is 0 Å². The number of rotatable bonds is 3. The number of ether oxygens (including phenoxy) is 1. The van der Waals surface area contributed by atoms with Crippen molar-refractivity contribution in [3.8, 4) is 0 Å². The summed E-state index contributed by atoms with van der Waals surface area (Å²) < 4.78 is 4.62. The summed E-state index contributed by atoms with van der Waals surface area (Å²) in [5.41, 5.74) is 2.15. The van der Waals surface area contributed by atoms with Crippen molar-refractivity contribution in [2.75, 3.05) is 7.11 Å². The molecule has 14 heavy (non-hydrogen) atoms. The summed E-state index contributed by atoms with van der Waals surface area (Å²) in [6.45, 7) is 1.89. The van der Waals surface area contributed by atoms with Gasteiger partial charge in [-0.15, -0.1) is 0 Å². The predicted molar refractivity (Wildman–Crippen MR) is 52.3 cm³/mol. The predicted octanol–water partition coefficient (Wildman–Crippen LogP) is 1.52. The first kappa shape index (κ1) is 10.4. The number of carbonyl (C=O) groups excluding carboxylic acids is 2. The van der Waals surface area contributed by atoms with Gasteiger partial charge in [0.2, 0.25) is 0 Å². The highest BCUT2D eigenvalue weighted by atomic mass is 16.5. The molecule has 1 rings (SSSR count). The molecule has 0 amide bonds. The smallest absolute Gasteiger partial charge is 0.338 e. The molecular formula is C11H12O3. The van der Waals surface area contributed by atoms with Gasteiger partial charge in [0.15, 0.2) is 0 Å². The van der Waals surface area contributed by atoms with E-state index in [-0.39, 0.29) is 6.42 Å². The van der Waals surface area contributed by atoms with Crippen LogP contribution >= 0.6 is 0 Å². The van der Waals surface area contributed by atoms with E-state index in [4.69, 9.17) is 0 Å². The second-order valence-electron chi connectivity index (χ2n) is 3.02. The number of aryl methyl sites for hydroxylation is 1. The third-order valence-electron chi connectivity index (χ3n) is 1.97. The summed E-state index contributed by atoms with van der Waals surface area (Å²) >= 11 is 0. The van der Waals surface area contributed by atoms with Gasteiger partial charge >= 0.3 is 5.97 Å². The zero-order valence-corrected chi connectivity index (χ0v) is 8.24. The zero-order chi connectivity index (χ0) is 10.6. The molecule has 0 saturated heterocycles. The van der Waals surface area contributed by atoms with Gasteiger partial charge in [0, 0.05) is 6.42 Å². The minimum Gasteiger partial charge on any atom is -0.465 e. The lowest BCUT2D eigenvalue weighted by molar-refractivity contribution is -0.107. The molecule has 0 atom stereocenters. The van der Waals surface area contributed by atoms with Crippen molar-refractivity contribution >= 4 is 12.3 Å². The summed E-state index contributed by atoms with van der Waals surface area (Å²) in [7, 11) is 1.33. The first-order chi connectivity index (χ1) is 6.69. The summed E-state index contributed by atoms with van der Waals surface area (Å²) in [5.74, 6) is -0.398. The fourth-order valence-electron chi connectivity index (χ4n) is 1.26. The fourth-order valence-corrected chi connectivity index (χ4v) is 1.26. The molecule has 0 N–H and O–H groups in total. The Balaban J connectivity index is 3.14. The molecule has 0 aliphatic carbocycles. The first-order valence-corrected chi connectivity index (χ1v) is 4.30. The summed E-state index contributed by atoms with van der Waals surface area (Å²) in [6.07, 6.45) is 1.02. The molecule has 0 spiro atoms. The lowest BCUT2D eigenvalue weighted by Gasteiger charge is -2.05.